The molecule has 1 atom stereocenters. The van der Waals surface area contributed by atoms with E-state index in [9.17, 15) is 17.6 Å². The summed E-state index contributed by atoms with van der Waals surface area (Å²) in [5.41, 5.74) is 0.919. The first kappa shape index (κ1) is 21.5. The number of amides is 1. The number of anilines is 1. The van der Waals surface area contributed by atoms with Crippen LogP contribution < -0.4 is 10.0 Å². The molecule has 2 N–H and O–H groups in total. The summed E-state index contributed by atoms with van der Waals surface area (Å²) in [6, 6.07) is 9.53. The Kier molecular flexibility index (Phi) is 7.13. The third-order valence-electron chi connectivity index (χ3n) is 3.84. The molecule has 0 aliphatic carbocycles. The van der Waals surface area contributed by atoms with Crippen LogP contribution in [0, 0.1) is 18.7 Å². The Morgan fingerprint density at radius 2 is 1.78 bits per heavy atom. The Morgan fingerprint density at radius 1 is 1.15 bits per heavy atom. The highest BCUT2D eigenvalue weighted by Gasteiger charge is 2.27. The summed E-state index contributed by atoms with van der Waals surface area (Å²) in [5.74, 6) is -1.17. The molecule has 0 fully saturated rings. The molecule has 27 heavy (non-hydrogen) atoms. The third-order valence-corrected chi connectivity index (χ3v) is 5.82. The maximum atomic E-state index is 14.0. The molecule has 2 aromatic carbocycles. The van der Waals surface area contributed by atoms with E-state index in [1.807, 2.05) is 20.8 Å². The van der Waals surface area contributed by atoms with Gasteiger partial charge in [-0.05, 0) is 49.6 Å². The van der Waals surface area contributed by atoms with E-state index >= 15 is 0 Å². The molecular formula is C19H22BrFN2O3S. The number of rotatable bonds is 7. The van der Waals surface area contributed by atoms with E-state index in [0.29, 0.717) is 4.47 Å². The monoisotopic (exact) mass is 456 g/mol. The lowest BCUT2D eigenvalue weighted by Gasteiger charge is -2.20. The van der Waals surface area contributed by atoms with Crippen molar-refractivity contribution in [2.45, 2.75) is 38.1 Å². The average Bonchev–Trinajstić information content (AvgIpc) is 2.56. The molecule has 0 heterocycles. The molecule has 0 aliphatic rings. The minimum Gasteiger partial charge on any atom is -0.322 e. The second kappa shape index (κ2) is 8.95. The largest absolute Gasteiger partial charge is 0.322 e. The lowest BCUT2D eigenvalue weighted by molar-refractivity contribution is -0.118. The molecule has 1 unspecified atom stereocenters. The van der Waals surface area contributed by atoms with Gasteiger partial charge in [0.1, 0.15) is 11.9 Å². The predicted octanol–water partition coefficient (Wildman–Crippen LogP) is 4.23. The highest BCUT2D eigenvalue weighted by molar-refractivity contribution is 9.10. The van der Waals surface area contributed by atoms with Gasteiger partial charge >= 0.3 is 0 Å². The summed E-state index contributed by atoms with van der Waals surface area (Å²) >= 11 is 3.15. The fraction of sp³-hybridized carbons (Fsp3) is 0.316. The molecule has 0 saturated heterocycles. The van der Waals surface area contributed by atoms with Crippen LogP contribution in [0.1, 0.15) is 25.8 Å². The predicted molar refractivity (Wildman–Crippen MR) is 107 cm³/mol. The Hall–Kier alpha value is -1.77. The van der Waals surface area contributed by atoms with E-state index < -0.39 is 27.8 Å². The molecule has 2 rings (SSSR count). The number of hydrogen-bond donors (Lipinski definition) is 2. The van der Waals surface area contributed by atoms with E-state index in [1.54, 1.807) is 18.2 Å². The molecule has 0 spiro atoms. The van der Waals surface area contributed by atoms with Crippen LogP contribution in [0.15, 0.2) is 51.8 Å². The van der Waals surface area contributed by atoms with Crippen LogP contribution in [-0.4, -0.2) is 20.4 Å². The lowest BCUT2D eigenvalue weighted by atomic mass is 10.0. The van der Waals surface area contributed by atoms with E-state index in [2.05, 4.69) is 26.0 Å². The number of nitrogens with one attached hydrogen (secondary N) is 2. The van der Waals surface area contributed by atoms with Crippen LogP contribution in [0.5, 0.6) is 0 Å². The van der Waals surface area contributed by atoms with Gasteiger partial charge < -0.3 is 5.32 Å². The fourth-order valence-electron chi connectivity index (χ4n) is 2.46. The zero-order valence-electron chi connectivity index (χ0n) is 15.3. The van der Waals surface area contributed by atoms with Gasteiger partial charge in [0.05, 0.1) is 10.6 Å². The Morgan fingerprint density at radius 3 is 2.33 bits per heavy atom. The summed E-state index contributed by atoms with van der Waals surface area (Å²) < 4.78 is 42.2. The van der Waals surface area contributed by atoms with E-state index in [1.165, 1.54) is 24.3 Å². The topological polar surface area (TPSA) is 75.3 Å². The standard InChI is InChI=1S/C19H22BrFN2O3S/c1-12(2)10-18(19(24)22-17-9-6-14(20)11-16(17)21)23-27(25,26)15-7-4-13(3)5-8-15/h4-9,11-12,18,23H,10H2,1-3H3,(H,22,24). The zero-order chi connectivity index (χ0) is 20.2. The van der Waals surface area contributed by atoms with Crippen LogP contribution in [-0.2, 0) is 14.8 Å². The number of halogens is 2. The number of hydrogen-bond acceptors (Lipinski definition) is 3. The Balaban J connectivity index is 2.23. The molecule has 0 aliphatic heterocycles. The number of benzene rings is 2. The highest BCUT2D eigenvalue weighted by Crippen LogP contribution is 2.20. The second-order valence-corrected chi connectivity index (χ2v) is 9.36. The summed E-state index contributed by atoms with van der Waals surface area (Å²) in [5, 5.41) is 2.46. The summed E-state index contributed by atoms with van der Waals surface area (Å²) in [4.78, 5) is 12.7. The van der Waals surface area contributed by atoms with Gasteiger partial charge in [0.15, 0.2) is 0 Å². The highest BCUT2D eigenvalue weighted by atomic mass is 79.9. The zero-order valence-corrected chi connectivity index (χ0v) is 17.7. The number of carbonyl (C=O) groups is 1. The van der Waals surface area contributed by atoms with Crippen LogP contribution in [0.4, 0.5) is 10.1 Å². The van der Waals surface area contributed by atoms with Crippen LogP contribution in [0.2, 0.25) is 0 Å². The van der Waals surface area contributed by atoms with Gasteiger partial charge in [-0.1, -0.05) is 47.5 Å². The van der Waals surface area contributed by atoms with E-state index in [0.717, 1.165) is 5.56 Å². The van der Waals surface area contributed by atoms with Crippen molar-refractivity contribution in [2.24, 2.45) is 5.92 Å². The van der Waals surface area contributed by atoms with Crippen molar-refractivity contribution in [1.29, 1.82) is 0 Å². The van der Waals surface area contributed by atoms with Gasteiger partial charge in [0.25, 0.3) is 0 Å². The number of carbonyl (C=O) groups excluding carboxylic acids is 1. The molecule has 1 amide bonds. The first-order valence-electron chi connectivity index (χ1n) is 8.43. The smallest absolute Gasteiger partial charge is 0.242 e. The van der Waals surface area contributed by atoms with Crippen LogP contribution >= 0.6 is 15.9 Å². The summed E-state index contributed by atoms with van der Waals surface area (Å²) in [7, 11) is -3.89. The first-order chi connectivity index (χ1) is 12.6. The molecule has 146 valence electrons. The molecule has 0 bridgehead atoms. The quantitative estimate of drug-likeness (QED) is 0.654. The van der Waals surface area contributed by atoms with Crippen LogP contribution in [0.25, 0.3) is 0 Å². The Bertz CT molecular complexity index is 915. The first-order valence-corrected chi connectivity index (χ1v) is 10.7. The number of aryl methyl sites for hydroxylation is 1. The van der Waals surface area contributed by atoms with Gasteiger partial charge in [0, 0.05) is 4.47 Å². The summed E-state index contributed by atoms with van der Waals surface area (Å²) in [6.07, 6.45) is 0.273. The van der Waals surface area contributed by atoms with Gasteiger partial charge in [-0.15, -0.1) is 0 Å². The molecule has 8 heteroatoms. The maximum absolute atomic E-state index is 14.0. The minimum absolute atomic E-state index is 0.00788. The van der Waals surface area contributed by atoms with Crippen molar-refractivity contribution in [1.82, 2.24) is 4.72 Å². The molecule has 2 aromatic rings. The second-order valence-electron chi connectivity index (χ2n) is 6.73. The van der Waals surface area contributed by atoms with Crippen molar-refractivity contribution in [3.8, 4) is 0 Å². The molecule has 0 saturated carbocycles. The lowest BCUT2D eigenvalue weighted by Crippen LogP contribution is -2.44. The molecule has 5 nitrogen and oxygen atoms in total. The van der Waals surface area contributed by atoms with Gasteiger partial charge in [-0.2, -0.15) is 4.72 Å². The van der Waals surface area contributed by atoms with E-state index in [-0.39, 0.29) is 22.9 Å². The van der Waals surface area contributed by atoms with Crippen molar-refractivity contribution < 1.29 is 17.6 Å². The van der Waals surface area contributed by atoms with E-state index in [4.69, 9.17) is 0 Å². The van der Waals surface area contributed by atoms with Gasteiger partial charge in [-0.25, -0.2) is 12.8 Å². The van der Waals surface area contributed by atoms with Crippen molar-refractivity contribution in [2.75, 3.05) is 5.32 Å². The Labute approximate surface area is 167 Å². The molecule has 0 aromatic heterocycles. The molecule has 0 radical (unpaired) electrons. The SMILES string of the molecule is Cc1ccc(S(=O)(=O)NC(CC(C)C)C(=O)Nc2ccc(Br)cc2F)cc1. The number of sulfonamides is 1. The maximum Gasteiger partial charge on any atom is 0.242 e. The van der Waals surface area contributed by atoms with Crippen molar-refractivity contribution in [3.63, 3.8) is 0 Å². The van der Waals surface area contributed by atoms with Crippen LogP contribution in [0.3, 0.4) is 0 Å². The average molecular weight is 457 g/mol. The van der Waals surface area contributed by atoms with Crippen molar-refractivity contribution >= 4 is 37.5 Å². The van der Waals surface area contributed by atoms with Gasteiger partial charge in [0.2, 0.25) is 15.9 Å². The van der Waals surface area contributed by atoms with Crippen molar-refractivity contribution in [3.05, 3.63) is 58.3 Å². The third kappa shape index (κ3) is 6.12. The minimum atomic E-state index is -3.89. The summed E-state index contributed by atoms with van der Waals surface area (Å²) in [6.45, 7) is 5.60. The molecular weight excluding hydrogens is 435 g/mol. The van der Waals surface area contributed by atoms with Gasteiger partial charge in [-0.3, -0.25) is 4.79 Å². The fourth-order valence-corrected chi connectivity index (χ4v) is 4.00. The normalized spacial score (nSPS) is 12.8.